The first-order chi connectivity index (χ1) is 17.3. The van der Waals surface area contributed by atoms with Crippen molar-refractivity contribution in [3.63, 3.8) is 0 Å². The van der Waals surface area contributed by atoms with Crippen LogP contribution in [0.3, 0.4) is 0 Å². The molecule has 0 bridgehead atoms. The third-order valence-electron chi connectivity index (χ3n) is 5.19. The summed E-state index contributed by atoms with van der Waals surface area (Å²) in [5.41, 5.74) is 1.17. The zero-order valence-corrected chi connectivity index (χ0v) is 20.5. The molecule has 36 heavy (non-hydrogen) atoms. The van der Waals surface area contributed by atoms with Gasteiger partial charge in [0.05, 0.1) is 12.3 Å². The Bertz CT molecular complexity index is 1370. The van der Waals surface area contributed by atoms with Gasteiger partial charge in [0.25, 0.3) is 11.8 Å². The zero-order chi connectivity index (χ0) is 25.8. The quantitative estimate of drug-likeness (QED) is 0.318. The number of carbonyl (C=O) groups is 3. The lowest BCUT2D eigenvalue weighted by atomic mass is 10.1. The number of aromatic hydroxyl groups is 1. The number of imide groups is 2. The number of halogens is 2. The number of phenolic OH excluding ortho intramolecular Hbond substituents is 1. The fourth-order valence-corrected chi connectivity index (χ4v) is 3.92. The van der Waals surface area contributed by atoms with Gasteiger partial charge >= 0.3 is 6.03 Å². The Labute approximate surface area is 216 Å². The molecule has 3 aromatic carbocycles. The molecule has 4 amide bonds. The molecule has 1 saturated heterocycles. The van der Waals surface area contributed by atoms with Gasteiger partial charge < -0.3 is 14.6 Å². The first-order valence-corrected chi connectivity index (χ1v) is 11.6. The summed E-state index contributed by atoms with van der Waals surface area (Å²) in [4.78, 5) is 38.7. The first-order valence-electron chi connectivity index (χ1n) is 10.8. The Balaban J connectivity index is 1.61. The van der Waals surface area contributed by atoms with Gasteiger partial charge in [-0.3, -0.25) is 14.9 Å². The number of urea groups is 1. The van der Waals surface area contributed by atoms with Gasteiger partial charge in [-0.15, -0.1) is 0 Å². The van der Waals surface area contributed by atoms with Crippen LogP contribution in [0.2, 0.25) is 10.0 Å². The minimum atomic E-state index is -0.882. The molecule has 1 aliphatic rings. The Hall–Kier alpha value is -4.01. The lowest BCUT2D eigenvalue weighted by Gasteiger charge is -2.26. The van der Waals surface area contributed by atoms with E-state index >= 15 is 0 Å². The number of nitrogens with zero attached hydrogens (tertiary/aromatic N) is 1. The SMILES string of the molecule is CCOc1cc(/C=C2\C(=O)NC(=O)N(c3ccc(O)cc3)C2=O)ccc1OCc1ccc(Cl)cc1Cl. The van der Waals surface area contributed by atoms with Crippen LogP contribution in [0.5, 0.6) is 17.2 Å². The second-order valence-electron chi connectivity index (χ2n) is 7.64. The summed E-state index contributed by atoms with van der Waals surface area (Å²) in [7, 11) is 0. The summed E-state index contributed by atoms with van der Waals surface area (Å²) in [5.74, 6) is -0.822. The van der Waals surface area contributed by atoms with E-state index in [0.29, 0.717) is 33.7 Å². The Morgan fingerprint density at radius 1 is 0.944 bits per heavy atom. The van der Waals surface area contributed by atoms with Crippen LogP contribution in [0.1, 0.15) is 18.1 Å². The highest BCUT2D eigenvalue weighted by atomic mass is 35.5. The molecular formula is C26H20Cl2N2O6. The van der Waals surface area contributed by atoms with Gasteiger partial charge in [0.15, 0.2) is 11.5 Å². The highest BCUT2D eigenvalue weighted by Gasteiger charge is 2.36. The van der Waals surface area contributed by atoms with Crippen LogP contribution in [0.25, 0.3) is 6.08 Å². The third-order valence-corrected chi connectivity index (χ3v) is 5.77. The Morgan fingerprint density at radius 3 is 2.39 bits per heavy atom. The normalized spacial score (nSPS) is 14.7. The lowest BCUT2D eigenvalue weighted by Crippen LogP contribution is -2.54. The smallest absolute Gasteiger partial charge is 0.335 e. The number of carbonyl (C=O) groups excluding carboxylic acids is 3. The molecule has 0 aromatic heterocycles. The third kappa shape index (κ3) is 5.45. The van der Waals surface area contributed by atoms with Crippen molar-refractivity contribution in [1.82, 2.24) is 5.32 Å². The zero-order valence-electron chi connectivity index (χ0n) is 19.0. The van der Waals surface area contributed by atoms with Crippen molar-refractivity contribution in [3.05, 3.63) is 87.4 Å². The van der Waals surface area contributed by atoms with Crippen molar-refractivity contribution >= 4 is 52.8 Å². The van der Waals surface area contributed by atoms with Crippen LogP contribution in [-0.4, -0.2) is 29.6 Å². The van der Waals surface area contributed by atoms with Gasteiger partial charge in [0.1, 0.15) is 17.9 Å². The van der Waals surface area contributed by atoms with Crippen molar-refractivity contribution in [2.75, 3.05) is 11.5 Å². The summed E-state index contributed by atoms with van der Waals surface area (Å²) in [6, 6.07) is 14.6. The topological polar surface area (TPSA) is 105 Å². The Morgan fingerprint density at radius 2 is 1.69 bits per heavy atom. The molecule has 0 atom stereocenters. The maximum Gasteiger partial charge on any atom is 0.335 e. The number of nitrogens with one attached hydrogen (secondary N) is 1. The number of barbiturate groups is 1. The number of hydrogen-bond acceptors (Lipinski definition) is 6. The molecular weight excluding hydrogens is 507 g/mol. The molecule has 0 aliphatic carbocycles. The van der Waals surface area contributed by atoms with E-state index in [1.807, 2.05) is 6.92 Å². The number of phenols is 1. The Kier molecular flexibility index (Phi) is 7.47. The van der Waals surface area contributed by atoms with Gasteiger partial charge in [-0.05, 0) is 67.1 Å². The molecule has 3 aromatic rings. The van der Waals surface area contributed by atoms with Gasteiger partial charge in [-0.1, -0.05) is 35.3 Å². The van der Waals surface area contributed by atoms with E-state index < -0.39 is 17.8 Å². The summed E-state index contributed by atoms with van der Waals surface area (Å²) in [5, 5.41) is 12.6. The molecule has 184 valence electrons. The standard InChI is InChI=1S/C26H20Cl2N2O6/c1-2-35-23-12-15(3-10-22(23)36-14-16-4-5-17(27)13-21(16)28)11-20-24(32)29-26(34)30(25(20)33)18-6-8-19(31)9-7-18/h3-13,31H,2,14H2,1H3,(H,29,32,34)/b20-11+. The maximum absolute atomic E-state index is 13.1. The summed E-state index contributed by atoms with van der Waals surface area (Å²) >= 11 is 12.2. The second kappa shape index (κ2) is 10.7. The van der Waals surface area contributed by atoms with Crippen LogP contribution in [-0.2, 0) is 16.2 Å². The van der Waals surface area contributed by atoms with Gasteiger partial charge in [0.2, 0.25) is 0 Å². The van der Waals surface area contributed by atoms with Gasteiger partial charge in [0, 0.05) is 15.6 Å². The van der Waals surface area contributed by atoms with Crippen LogP contribution >= 0.6 is 23.2 Å². The van der Waals surface area contributed by atoms with Crippen LogP contribution < -0.4 is 19.7 Å². The molecule has 10 heteroatoms. The number of benzene rings is 3. The predicted octanol–water partition coefficient (Wildman–Crippen LogP) is 5.34. The van der Waals surface area contributed by atoms with Crippen LogP contribution in [0.4, 0.5) is 10.5 Å². The monoisotopic (exact) mass is 526 g/mol. The molecule has 4 rings (SSSR count). The summed E-state index contributed by atoms with van der Waals surface area (Å²) in [6.45, 7) is 2.33. The molecule has 2 N–H and O–H groups in total. The summed E-state index contributed by atoms with van der Waals surface area (Å²) in [6.07, 6.45) is 1.36. The molecule has 8 nitrogen and oxygen atoms in total. The number of rotatable bonds is 7. The van der Waals surface area contributed by atoms with Crippen molar-refractivity contribution in [2.24, 2.45) is 0 Å². The first kappa shape index (κ1) is 25.1. The number of ether oxygens (including phenoxy) is 2. The van der Waals surface area contributed by atoms with E-state index in [4.69, 9.17) is 32.7 Å². The van der Waals surface area contributed by atoms with E-state index in [1.54, 1.807) is 36.4 Å². The fraction of sp³-hybridized carbons (Fsp3) is 0.115. The van der Waals surface area contributed by atoms with E-state index in [2.05, 4.69) is 5.32 Å². The molecule has 0 radical (unpaired) electrons. The van der Waals surface area contributed by atoms with Crippen molar-refractivity contribution in [1.29, 1.82) is 0 Å². The predicted molar refractivity (Wildman–Crippen MR) is 136 cm³/mol. The number of anilines is 1. The van der Waals surface area contributed by atoms with E-state index in [0.717, 1.165) is 10.5 Å². The van der Waals surface area contributed by atoms with E-state index in [9.17, 15) is 19.5 Å². The van der Waals surface area contributed by atoms with E-state index in [1.165, 1.54) is 30.3 Å². The highest BCUT2D eigenvalue weighted by Crippen LogP contribution is 2.32. The molecule has 0 spiro atoms. The number of hydrogen-bond donors (Lipinski definition) is 2. The van der Waals surface area contributed by atoms with Crippen molar-refractivity contribution < 1.29 is 29.0 Å². The molecule has 1 heterocycles. The minimum Gasteiger partial charge on any atom is -0.508 e. The summed E-state index contributed by atoms with van der Waals surface area (Å²) < 4.78 is 11.6. The molecule has 1 fully saturated rings. The number of amides is 4. The fourth-order valence-electron chi connectivity index (χ4n) is 3.46. The average molecular weight is 527 g/mol. The molecule has 1 aliphatic heterocycles. The van der Waals surface area contributed by atoms with Crippen LogP contribution in [0, 0.1) is 0 Å². The van der Waals surface area contributed by atoms with Crippen LogP contribution in [0.15, 0.2) is 66.2 Å². The average Bonchev–Trinajstić information content (AvgIpc) is 2.83. The van der Waals surface area contributed by atoms with Crippen molar-refractivity contribution in [3.8, 4) is 17.2 Å². The minimum absolute atomic E-state index is 0.0282. The second-order valence-corrected chi connectivity index (χ2v) is 8.48. The molecule has 0 unspecified atom stereocenters. The highest BCUT2D eigenvalue weighted by molar-refractivity contribution is 6.39. The van der Waals surface area contributed by atoms with E-state index in [-0.39, 0.29) is 23.6 Å². The van der Waals surface area contributed by atoms with Crippen molar-refractivity contribution in [2.45, 2.75) is 13.5 Å². The van der Waals surface area contributed by atoms with Gasteiger partial charge in [-0.25, -0.2) is 9.69 Å². The lowest BCUT2D eigenvalue weighted by molar-refractivity contribution is -0.122. The maximum atomic E-state index is 13.1. The largest absolute Gasteiger partial charge is 0.508 e. The molecule has 0 saturated carbocycles. The van der Waals surface area contributed by atoms with Gasteiger partial charge in [-0.2, -0.15) is 0 Å².